The van der Waals surface area contributed by atoms with Gasteiger partial charge >= 0.3 is 6.16 Å². The molecule has 1 saturated carbocycles. The van der Waals surface area contributed by atoms with Crippen molar-refractivity contribution in [1.82, 2.24) is 20.2 Å². The smallest absolute Gasteiger partial charge is 0.492 e. The molecule has 1 fully saturated rings. The summed E-state index contributed by atoms with van der Waals surface area (Å²) in [6.07, 6.45) is 5.47. The maximum atomic E-state index is 13.7. The Bertz CT molecular complexity index is 1350. The molecule has 2 aromatic heterocycles. The average molecular weight is 644 g/mol. The molecule has 2 heterocycles. The highest BCUT2D eigenvalue weighted by molar-refractivity contribution is 6.33. The van der Waals surface area contributed by atoms with Crippen LogP contribution in [0.5, 0.6) is 5.75 Å². The average Bonchev–Trinajstić information content (AvgIpc) is 2.92. The molecule has 3 aromatic rings. The minimum Gasteiger partial charge on any atom is -0.492 e. The molecule has 0 atom stereocenters. The Kier molecular flexibility index (Phi) is 14.2. The number of hydrogen-bond donors (Lipinski definition) is 3. The predicted molar refractivity (Wildman–Crippen MR) is 164 cm³/mol. The summed E-state index contributed by atoms with van der Waals surface area (Å²) in [5.74, 6) is -0.250. The minimum absolute atomic E-state index is 0. The summed E-state index contributed by atoms with van der Waals surface area (Å²) in [6.45, 7) is 1.38. The summed E-state index contributed by atoms with van der Waals surface area (Å²) in [6, 6.07) is 10.1. The predicted octanol–water partition coefficient (Wildman–Crippen LogP) is 7.29. The quantitative estimate of drug-likeness (QED) is 0.208. The Morgan fingerprint density at radius 2 is 1.74 bits per heavy atom. The normalized spacial score (nSPS) is 13.0. The third-order valence-electron chi connectivity index (χ3n) is 6.34. The summed E-state index contributed by atoms with van der Waals surface area (Å²) in [7, 11) is 4.01. The van der Waals surface area contributed by atoms with Crippen molar-refractivity contribution < 1.29 is 28.9 Å². The second-order valence-electron chi connectivity index (χ2n) is 9.82. The van der Waals surface area contributed by atoms with Gasteiger partial charge in [-0.05, 0) is 63.7 Å². The maximum absolute atomic E-state index is 13.7. The molecule has 4 rings (SSSR count). The van der Waals surface area contributed by atoms with Crippen LogP contribution >= 0.6 is 35.6 Å². The van der Waals surface area contributed by atoms with E-state index in [1.165, 1.54) is 12.5 Å². The second-order valence-corrected chi connectivity index (χ2v) is 10.6. The number of carbonyl (C=O) groups is 2. The zero-order valence-electron chi connectivity index (χ0n) is 23.3. The van der Waals surface area contributed by atoms with E-state index in [1.807, 2.05) is 14.1 Å². The fourth-order valence-electron chi connectivity index (χ4n) is 4.44. The van der Waals surface area contributed by atoms with Gasteiger partial charge in [0.1, 0.15) is 17.3 Å². The fraction of sp³-hybridized carbons (Fsp3) is 0.379. The number of benzene rings is 1. The lowest BCUT2D eigenvalue weighted by atomic mass is 9.95. The van der Waals surface area contributed by atoms with Crippen LogP contribution in [0.15, 0.2) is 42.6 Å². The standard InChI is InChI=1S/C28H31Cl2FN4O2.CH2O3.ClH/c1-35(2)13-6-14-37-25-15-18(9-11-22(25)29)26-21(27-23(30)16-19(31)17-32-27)10-12-24(34-26)28(36)33-20-7-4-3-5-8-20;2-1(3)4;/h9-12,15-17,20H,3-8,13-14H2,1-2H3,(H,33,36);(H2,2,3,4);1H. The molecule has 1 aromatic carbocycles. The molecule has 1 amide bonds. The number of ether oxygens (including phenoxy) is 1. The summed E-state index contributed by atoms with van der Waals surface area (Å²) < 4.78 is 19.7. The van der Waals surface area contributed by atoms with Gasteiger partial charge in [-0.25, -0.2) is 14.2 Å². The molecule has 0 spiro atoms. The number of carbonyl (C=O) groups excluding carboxylic acids is 1. The SMILES string of the molecule is CN(C)CCCOc1cc(-c2nc(C(=O)NC3CCCCC3)ccc2-c2ncc(F)cc2Cl)ccc1Cl.Cl.O=C(O)O. The third kappa shape index (κ3) is 10.6. The molecule has 3 N–H and O–H groups in total. The van der Waals surface area contributed by atoms with E-state index in [0.29, 0.717) is 39.9 Å². The number of amides is 1. The first-order valence-electron chi connectivity index (χ1n) is 13.2. The third-order valence-corrected chi connectivity index (χ3v) is 6.94. The minimum atomic E-state index is -1.83. The van der Waals surface area contributed by atoms with Crippen molar-refractivity contribution in [2.45, 2.75) is 44.6 Å². The summed E-state index contributed by atoms with van der Waals surface area (Å²) in [5, 5.41) is 17.7. The molecule has 0 unspecified atom stereocenters. The first-order valence-corrected chi connectivity index (χ1v) is 13.9. The van der Waals surface area contributed by atoms with Gasteiger partial charge in [0.2, 0.25) is 0 Å². The Morgan fingerprint density at radius 1 is 1.05 bits per heavy atom. The van der Waals surface area contributed by atoms with Crippen molar-refractivity contribution in [3.63, 3.8) is 0 Å². The van der Waals surface area contributed by atoms with Crippen LogP contribution in [0, 0.1) is 5.82 Å². The summed E-state index contributed by atoms with van der Waals surface area (Å²) in [5.41, 5.74) is 2.38. The Morgan fingerprint density at radius 3 is 2.38 bits per heavy atom. The first-order chi connectivity index (χ1) is 19.5. The van der Waals surface area contributed by atoms with E-state index < -0.39 is 12.0 Å². The fourth-order valence-corrected chi connectivity index (χ4v) is 4.87. The molecule has 228 valence electrons. The molecule has 0 saturated heterocycles. The van der Waals surface area contributed by atoms with Gasteiger partial charge in [-0.1, -0.05) is 48.5 Å². The van der Waals surface area contributed by atoms with Gasteiger partial charge in [0.25, 0.3) is 5.91 Å². The topological polar surface area (TPSA) is 125 Å². The van der Waals surface area contributed by atoms with E-state index in [0.717, 1.165) is 44.8 Å². The van der Waals surface area contributed by atoms with Crippen molar-refractivity contribution in [2.24, 2.45) is 0 Å². The number of halogens is 4. The van der Waals surface area contributed by atoms with E-state index in [1.54, 1.807) is 30.3 Å². The number of pyridine rings is 2. The second kappa shape index (κ2) is 17.1. The zero-order chi connectivity index (χ0) is 29.9. The first kappa shape index (κ1) is 35.0. The lowest BCUT2D eigenvalue weighted by molar-refractivity contribution is 0.0922. The molecule has 1 aliphatic carbocycles. The van der Waals surface area contributed by atoms with Crippen LogP contribution in [0.2, 0.25) is 10.0 Å². The summed E-state index contributed by atoms with van der Waals surface area (Å²) in [4.78, 5) is 32.7. The van der Waals surface area contributed by atoms with Gasteiger partial charge in [0.15, 0.2) is 0 Å². The lowest BCUT2D eigenvalue weighted by Gasteiger charge is -2.22. The number of carboxylic acid groups (broad SMARTS) is 2. The van der Waals surface area contributed by atoms with Gasteiger partial charge in [0.05, 0.1) is 34.2 Å². The highest BCUT2D eigenvalue weighted by Gasteiger charge is 2.21. The Balaban J connectivity index is 0.00000116. The molecule has 1 aliphatic rings. The Hall–Kier alpha value is -3.18. The van der Waals surface area contributed by atoms with E-state index in [2.05, 4.69) is 15.2 Å². The Labute approximate surface area is 260 Å². The van der Waals surface area contributed by atoms with Crippen LogP contribution in [-0.4, -0.2) is 70.4 Å². The number of rotatable bonds is 9. The van der Waals surface area contributed by atoms with E-state index in [9.17, 15) is 9.18 Å². The molecule has 0 aliphatic heterocycles. The van der Waals surface area contributed by atoms with E-state index in [4.69, 9.17) is 47.9 Å². The molecule has 0 bridgehead atoms. The van der Waals surface area contributed by atoms with Gasteiger partial charge < -0.3 is 25.2 Å². The van der Waals surface area contributed by atoms with Gasteiger partial charge in [-0.15, -0.1) is 12.4 Å². The van der Waals surface area contributed by atoms with Crippen molar-refractivity contribution in [2.75, 3.05) is 27.2 Å². The number of nitrogens with one attached hydrogen (secondary N) is 1. The van der Waals surface area contributed by atoms with Gasteiger partial charge in [-0.2, -0.15) is 0 Å². The molecule has 0 radical (unpaired) electrons. The van der Waals surface area contributed by atoms with Crippen LogP contribution in [0.25, 0.3) is 22.5 Å². The molecule has 9 nitrogen and oxygen atoms in total. The zero-order valence-corrected chi connectivity index (χ0v) is 25.6. The van der Waals surface area contributed by atoms with E-state index >= 15 is 0 Å². The highest BCUT2D eigenvalue weighted by atomic mass is 35.5. The monoisotopic (exact) mass is 642 g/mol. The molecule has 13 heteroatoms. The van der Waals surface area contributed by atoms with Crippen molar-refractivity contribution in [1.29, 1.82) is 0 Å². The van der Waals surface area contributed by atoms with Gasteiger partial charge in [0, 0.05) is 23.7 Å². The number of hydrogen-bond acceptors (Lipinski definition) is 6. The number of nitrogens with zero attached hydrogens (tertiary/aromatic N) is 3. The van der Waals surface area contributed by atoms with E-state index in [-0.39, 0.29) is 35.1 Å². The molecule has 42 heavy (non-hydrogen) atoms. The molecular formula is C29H34Cl3FN4O5. The largest absolute Gasteiger partial charge is 0.503 e. The lowest BCUT2D eigenvalue weighted by Crippen LogP contribution is -2.36. The van der Waals surface area contributed by atoms with Crippen molar-refractivity contribution in [3.05, 3.63) is 64.2 Å². The summed E-state index contributed by atoms with van der Waals surface area (Å²) >= 11 is 12.8. The van der Waals surface area contributed by atoms with Crippen molar-refractivity contribution in [3.8, 4) is 28.3 Å². The van der Waals surface area contributed by atoms with Crippen LogP contribution in [0.4, 0.5) is 9.18 Å². The molecular weight excluding hydrogens is 610 g/mol. The van der Waals surface area contributed by atoms with Gasteiger partial charge in [-0.3, -0.25) is 9.78 Å². The van der Waals surface area contributed by atoms with Crippen molar-refractivity contribution >= 4 is 47.7 Å². The number of aromatic nitrogens is 2. The van der Waals surface area contributed by atoms with Crippen LogP contribution in [0.1, 0.15) is 49.0 Å². The van der Waals surface area contributed by atoms with Crippen LogP contribution < -0.4 is 10.1 Å². The van der Waals surface area contributed by atoms with Crippen LogP contribution in [-0.2, 0) is 0 Å². The maximum Gasteiger partial charge on any atom is 0.503 e. The van der Waals surface area contributed by atoms with Crippen LogP contribution in [0.3, 0.4) is 0 Å². The highest BCUT2D eigenvalue weighted by Crippen LogP contribution is 2.37.